The molecular weight excluding hydrogens is 274 g/mol. The molecule has 1 aliphatic rings. The summed E-state index contributed by atoms with van der Waals surface area (Å²) in [5.41, 5.74) is 2.33. The van der Waals surface area contributed by atoms with E-state index in [-0.39, 0.29) is 5.91 Å². The zero-order chi connectivity index (χ0) is 15.4. The van der Waals surface area contributed by atoms with Gasteiger partial charge in [0, 0.05) is 25.4 Å². The molecule has 0 unspecified atom stereocenters. The number of unbranched alkanes of at least 4 members (excludes halogenated alkanes) is 2. The van der Waals surface area contributed by atoms with Crippen LogP contribution in [0.3, 0.4) is 0 Å². The van der Waals surface area contributed by atoms with Crippen LogP contribution in [0, 0.1) is 5.92 Å². The summed E-state index contributed by atoms with van der Waals surface area (Å²) in [6.45, 7) is 3.96. The molecule has 1 aromatic carbocycles. The summed E-state index contributed by atoms with van der Waals surface area (Å²) in [7, 11) is 0. The van der Waals surface area contributed by atoms with Gasteiger partial charge in [-0.15, -0.1) is 0 Å². The Kier molecular flexibility index (Phi) is 4.76. The van der Waals surface area contributed by atoms with Crippen molar-refractivity contribution in [3.05, 3.63) is 30.1 Å². The first-order chi connectivity index (χ1) is 10.8. The Bertz CT molecular complexity index is 643. The van der Waals surface area contributed by atoms with Gasteiger partial charge < -0.3 is 9.88 Å². The number of nitrogens with zero attached hydrogens (tertiary/aromatic N) is 2. The second-order valence-corrected chi connectivity index (χ2v) is 6.14. The second kappa shape index (κ2) is 6.95. The summed E-state index contributed by atoms with van der Waals surface area (Å²) in [5.74, 6) is 1.77. The van der Waals surface area contributed by atoms with Crippen molar-refractivity contribution in [2.45, 2.75) is 52.0 Å². The van der Waals surface area contributed by atoms with Crippen molar-refractivity contribution in [3.63, 3.8) is 0 Å². The van der Waals surface area contributed by atoms with Gasteiger partial charge in [0.15, 0.2) is 0 Å². The molecule has 0 aliphatic heterocycles. The molecule has 2 aromatic rings. The summed E-state index contributed by atoms with van der Waals surface area (Å²) in [5, 5.41) is 3.03. The zero-order valence-corrected chi connectivity index (χ0v) is 13.3. The second-order valence-electron chi connectivity index (χ2n) is 6.14. The number of rotatable bonds is 8. The van der Waals surface area contributed by atoms with Crippen molar-refractivity contribution in [1.82, 2.24) is 14.9 Å². The first kappa shape index (κ1) is 15.1. The molecule has 1 heterocycles. The van der Waals surface area contributed by atoms with E-state index in [2.05, 4.69) is 35.0 Å². The molecule has 4 nitrogen and oxygen atoms in total. The lowest BCUT2D eigenvalue weighted by molar-refractivity contribution is -0.122. The van der Waals surface area contributed by atoms with Gasteiger partial charge in [-0.3, -0.25) is 4.79 Å². The molecule has 1 aromatic heterocycles. The number of benzene rings is 1. The predicted molar refractivity (Wildman–Crippen MR) is 88.7 cm³/mol. The smallest absolute Gasteiger partial charge is 0.223 e. The first-order valence-electron chi connectivity index (χ1n) is 8.51. The average molecular weight is 299 g/mol. The maximum Gasteiger partial charge on any atom is 0.223 e. The van der Waals surface area contributed by atoms with Gasteiger partial charge in [0.05, 0.1) is 11.0 Å². The molecule has 0 saturated heterocycles. The van der Waals surface area contributed by atoms with Gasteiger partial charge in [0.25, 0.3) is 0 Å². The maximum atomic E-state index is 11.5. The molecule has 1 saturated carbocycles. The predicted octanol–water partition coefficient (Wildman–Crippen LogP) is 3.30. The van der Waals surface area contributed by atoms with Gasteiger partial charge in [-0.25, -0.2) is 4.98 Å². The number of carbonyl (C=O) groups is 1. The minimum atomic E-state index is 0.257. The van der Waals surface area contributed by atoms with E-state index in [9.17, 15) is 4.79 Å². The summed E-state index contributed by atoms with van der Waals surface area (Å²) in [6.07, 6.45) is 6.50. The van der Waals surface area contributed by atoms with E-state index in [1.54, 1.807) is 0 Å². The Balaban J connectivity index is 1.44. The number of hydrogen-bond donors (Lipinski definition) is 1. The lowest BCUT2D eigenvalue weighted by Gasteiger charge is -2.06. The third kappa shape index (κ3) is 3.49. The first-order valence-corrected chi connectivity index (χ1v) is 8.51. The van der Waals surface area contributed by atoms with E-state index in [1.807, 2.05) is 6.07 Å². The SMILES string of the molecule is CCn1c(CCCCCNC(=O)C2CC2)nc2ccccc21. The maximum absolute atomic E-state index is 11.5. The van der Waals surface area contributed by atoms with Crippen LogP contribution in [0.1, 0.15) is 44.9 Å². The van der Waals surface area contributed by atoms with Gasteiger partial charge >= 0.3 is 0 Å². The fourth-order valence-corrected chi connectivity index (χ4v) is 2.96. The zero-order valence-electron chi connectivity index (χ0n) is 13.3. The van der Waals surface area contributed by atoms with E-state index in [1.165, 1.54) is 11.3 Å². The molecular formula is C18H25N3O. The topological polar surface area (TPSA) is 46.9 Å². The number of amides is 1. The molecule has 1 N–H and O–H groups in total. The molecule has 22 heavy (non-hydrogen) atoms. The Morgan fingerprint density at radius 2 is 2.09 bits per heavy atom. The number of aromatic nitrogens is 2. The van der Waals surface area contributed by atoms with Crippen LogP contribution >= 0.6 is 0 Å². The fourth-order valence-electron chi connectivity index (χ4n) is 2.96. The van der Waals surface area contributed by atoms with Crippen molar-refractivity contribution >= 4 is 16.9 Å². The standard InChI is InChI=1S/C18H25N3O/c1-2-21-16-9-6-5-8-15(16)20-17(21)10-4-3-7-13-19-18(22)14-11-12-14/h5-6,8-9,14H,2-4,7,10-13H2,1H3,(H,19,22). The molecule has 4 heteroatoms. The molecule has 118 valence electrons. The summed E-state index contributed by atoms with van der Waals surface area (Å²) >= 11 is 0. The Labute approximate surface area is 131 Å². The number of hydrogen-bond acceptors (Lipinski definition) is 2. The van der Waals surface area contributed by atoms with Crippen LogP contribution in [0.5, 0.6) is 0 Å². The van der Waals surface area contributed by atoms with Gasteiger partial charge in [-0.2, -0.15) is 0 Å². The Morgan fingerprint density at radius 3 is 2.86 bits per heavy atom. The molecule has 1 aliphatic carbocycles. The molecule has 0 bridgehead atoms. The van der Waals surface area contributed by atoms with Crippen LogP contribution in [-0.2, 0) is 17.8 Å². The van der Waals surface area contributed by atoms with E-state index in [4.69, 9.17) is 4.98 Å². The van der Waals surface area contributed by atoms with Crippen molar-refractivity contribution in [2.75, 3.05) is 6.54 Å². The number of para-hydroxylation sites is 2. The van der Waals surface area contributed by atoms with E-state index in [0.717, 1.165) is 57.1 Å². The van der Waals surface area contributed by atoms with E-state index < -0.39 is 0 Å². The Morgan fingerprint density at radius 1 is 1.27 bits per heavy atom. The van der Waals surface area contributed by atoms with Crippen LogP contribution in [0.4, 0.5) is 0 Å². The number of aryl methyl sites for hydroxylation is 2. The molecule has 0 spiro atoms. The molecule has 1 fully saturated rings. The lowest BCUT2D eigenvalue weighted by atomic mass is 10.2. The van der Waals surface area contributed by atoms with E-state index in [0.29, 0.717) is 5.92 Å². The van der Waals surface area contributed by atoms with Gasteiger partial charge in [-0.1, -0.05) is 18.6 Å². The number of imidazole rings is 1. The highest BCUT2D eigenvalue weighted by molar-refractivity contribution is 5.80. The van der Waals surface area contributed by atoms with Crippen LogP contribution < -0.4 is 5.32 Å². The highest BCUT2D eigenvalue weighted by Crippen LogP contribution is 2.28. The highest BCUT2D eigenvalue weighted by Gasteiger charge is 2.28. The van der Waals surface area contributed by atoms with Crippen LogP contribution in [0.15, 0.2) is 24.3 Å². The quantitative estimate of drug-likeness (QED) is 0.760. The molecule has 0 radical (unpaired) electrons. The van der Waals surface area contributed by atoms with Crippen molar-refractivity contribution < 1.29 is 4.79 Å². The van der Waals surface area contributed by atoms with Crippen molar-refractivity contribution in [1.29, 1.82) is 0 Å². The van der Waals surface area contributed by atoms with Crippen molar-refractivity contribution in [2.24, 2.45) is 5.92 Å². The van der Waals surface area contributed by atoms with Crippen molar-refractivity contribution in [3.8, 4) is 0 Å². The Hall–Kier alpha value is -1.84. The number of carbonyl (C=O) groups excluding carboxylic acids is 1. The number of fused-ring (bicyclic) bond motifs is 1. The van der Waals surface area contributed by atoms with Crippen LogP contribution in [0.25, 0.3) is 11.0 Å². The third-order valence-electron chi connectivity index (χ3n) is 4.37. The summed E-state index contributed by atoms with van der Waals surface area (Å²) in [4.78, 5) is 16.3. The monoisotopic (exact) mass is 299 g/mol. The third-order valence-corrected chi connectivity index (χ3v) is 4.37. The molecule has 1 amide bonds. The van der Waals surface area contributed by atoms with Crippen LogP contribution in [-0.4, -0.2) is 22.0 Å². The van der Waals surface area contributed by atoms with Crippen LogP contribution in [0.2, 0.25) is 0 Å². The normalized spacial score (nSPS) is 14.4. The van der Waals surface area contributed by atoms with Gasteiger partial charge in [0.2, 0.25) is 5.91 Å². The lowest BCUT2D eigenvalue weighted by Crippen LogP contribution is -2.25. The largest absolute Gasteiger partial charge is 0.356 e. The summed E-state index contributed by atoms with van der Waals surface area (Å²) in [6, 6.07) is 8.34. The molecule has 0 atom stereocenters. The summed E-state index contributed by atoms with van der Waals surface area (Å²) < 4.78 is 2.31. The number of nitrogens with one attached hydrogen (secondary N) is 1. The van der Waals surface area contributed by atoms with Gasteiger partial charge in [0.1, 0.15) is 5.82 Å². The highest BCUT2D eigenvalue weighted by atomic mass is 16.2. The van der Waals surface area contributed by atoms with Gasteiger partial charge in [-0.05, 0) is 44.7 Å². The minimum absolute atomic E-state index is 0.257. The minimum Gasteiger partial charge on any atom is -0.356 e. The average Bonchev–Trinajstić information content (AvgIpc) is 3.32. The molecule has 3 rings (SSSR count). The van der Waals surface area contributed by atoms with E-state index >= 15 is 0 Å². The fraction of sp³-hybridized carbons (Fsp3) is 0.556.